The van der Waals surface area contributed by atoms with Gasteiger partial charge in [0, 0.05) is 5.41 Å². The summed E-state index contributed by atoms with van der Waals surface area (Å²) in [5, 5.41) is 42.9. The van der Waals surface area contributed by atoms with Crippen LogP contribution in [0.15, 0.2) is 11.6 Å². The predicted octanol–water partition coefficient (Wildman–Crippen LogP) is 5.03. The summed E-state index contributed by atoms with van der Waals surface area (Å²) >= 11 is 0. The first kappa shape index (κ1) is 25.7. The molecule has 0 heterocycles. The summed E-state index contributed by atoms with van der Waals surface area (Å²) in [6, 6.07) is 0. The van der Waals surface area contributed by atoms with Gasteiger partial charge < -0.3 is 20.4 Å². The molecule has 0 bridgehead atoms. The van der Waals surface area contributed by atoms with Crippen molar-refractivity contribution in [2.45, 2.75) is 105 Å². The zero-order chi connectivity index (χ0) is 25.8. The molecule has 12 atom stereocenters. The molecule has 0 aromatic carbocycles. The van der Waals surface area contributed by atoms with Gasteiger partial charge in [-0.2, -0.15) is 0 Å². The third kappa shape index (κ3) is 2.95. The number of aliphatic carboxylic acids is 1. The van der Waals surface area contributed by atoms with Crippen molar-refractivity contribution in [1.82, 2.24) is 0 Å². The van der Waals surface area contributed by atoms with Gasteiger partial charge in [-0.05, 0) is 97.2 Å². The van der Waals surface area contributed by atoms with Gasteiger partial charge in [-0.3, -0.25) is 4.79 Å². The topological polar surface area (TPSA) is 98.0 Å². The SMILES string of the molecule is C[C@@H]1[C@@H](C)CC[C@@]2(C(=O)O)CC[C@]3(C)C(=CC[C@H]4[C@@]5(C)C[C@H](O)[C@@H](O)[C@](C)(CO)[C@H]5CC[C@]43C)[C@@H]12. The number of carboxylic acids is 1. The Bertz CT molecular complexity index is 930. The lowest BCUT2D eigenvalue weighted by Gasteiger charge is -2.71. The van der Waals surface area contributed by atoms with Crippen LogP contribution in [0.25, 0.3) is 0 Å². The van der Waals surface area contributed by atoms with Crippen molar-refractivity contribution in [2.75, 3.05) is 6.61 Å². The van der Waals surface area contributed by atoms with E-state index in [2.05, 4.69) is 40.7 Å². The average Bonchev–Trinajstić information content (AvgIpc) is 2.80. The van der Waals surface area contributed by atoms with E-state index in [0.717, 1.165) is 44.9 Å². The van der Waals surface area contributed by atoms with Crippen molar-refractivity contribution >= 4 is 5.97 Å². The van der Waals surface area contributed by atoms with E-state index in [1.165, 1.54) is 5.57 Å². The van der Waals surface area contributed by atoms with E-state index >= 15 is 0 Å². The smallest absolute Gasteiger partial charge is 0.310 e. The summed E-state index contributed by atoms with van der Waals surface area (Å²) < 4.78 is 0. The number of hydrogen-bond acceptors (Lipinski definition) is 4. The lowest BCUT2D eigenvalue weighted by molar-refractivity contribution is -0.244. The van der Waals surface area contributed by atoms with Crippen LogP contribution in [-0.2, 0) is 4.79 Å². The fourth-order valence-electron chi connectivity index (χ4n) is 11.0. The molecule has 198 valence electrons. The Morgan fingerprint density at radius 3 is 2.31 bits per heavy atom. The van der Waals surface area contributed by atoms with Gasteiger partial charge in [-0.25, -0.2) is 0 Å². The molecule has 0 amide bonds. The molecule has 0 saturated heterocycles. The van der Waals surface area contributed by atoms with Gasteiger partial charge >= 0.3 is 5.97 Å². The maximum absolute atomic E-state index is 12.8. The lowest BCUT2D eigenvalue weighted by Crippen LogP contribution is -2.68. The van der Waals surface area contributed by atoms with Gasteiger partial charge in [0.1, 0.15) is 0 Å². The van der Waals surface area contributed by atoms with Crippen molar-refractivity contribution in [3.8, 4) is 0 Å². The van der Waals surface area contributed by atoms with Crippen LogP contribution >= 0.6 is 0 Å². The number of aliphatic hydroxyl groups excluding tert-OH is 3. The highest BCUT2D eigenvalue weighted by atomic mass is 16.4. The minimum absolute atomic E-state index is 0.00815. The average molecular weight is 489 g/mol. The van der Waals surface area contributed by atoms with Crippen LogP contribution in [0.2, 0.25) is 0 Å². The second-order valence-electron chi connectivity index (χ2n) is 14.5. The van der Waals surface area contributed by atoms with Crippen LogP contribution in [0.1, 0.15) is 92.9 Å². The van der Waals surface area contributed by atoms with E-state index in [1.54, 1.807) is 0 Å². The number of rotatable bonds is 2. The highest BCUT2D eigenvalue weighted by Crippen LogP contribution is 2.75. The van der Waals surface area contributed by atoms with E-state index < -0.39 is 29.0 Å². The number of carbonyl (C=O) groups is 1. The predicted molar refractivity (Wildman–Crippen MR) is 135 cm³/mol. The Labute approximate surface area is 211 Å². The molecule has 5 aliphatic carbocycles. The molecule has 5 nitrogen and oxygen atoms in total. The Morgan fingerprint density at radius 1 is 1.00 bits per heavy atom. The minimum atomic E-state index is -0.907. The quantitative estimate of drug-likeness (QED) is 0.409. The first-order chi connectivity index (χ1) is 16.2. The van der Waals surface area contributed by atoms with Crippen molar-refractivity contribution in [2.24, 2.45) is 56.7 Å². The molecule has 4 saturated carbocycles. The van der Waals surface area contributed by atoms with Crippen LogP contribution in [0, 0.1) is 56.7 Å². The molecule has 4 N–H and O–H groups in total. The van der Waals surface area contributed by atoms with Crippen LogP contribution in [0.5, 0.6) is 0 Å². The molecule has 5 rings (SSSR count). The first-order valence-electron chi connectivity index (χ1n) is 14.1. The molecule has 4 fully saturated rings. The zero-order valence-electron chi connectivity index (χ0n) is 22.7. The number of fused-ring (bicyclic) bond motifs is 7. The van der Waals surface area contributed by atoms with Crippen molar-refractivity contribution < 1.29 is 25.2 Å². The lowest BCUT2D eigenvalue weighted by atomic mass is 9.33. The molecular weight excluding hydrogens is 440 g/mol. The van der Waals surface area contributed by atoms with Crippen LogP contribution in [0.4, 0.5) is 0 Å². The maximum atomic E-state index is 12.8. The molecule has 0 radical (unpaired) electrons. The van der Waals surface area contributed by atoms with Gasteiger partial charge in [0.05, 0.1) is 24.2 Å². The van der Waals surface area contributed by atoms with Gasteiger partial charge in [-0.1, -0.05) is 53.2 Å². The first-order valence-corrected chi connectivity index (χ1v) is 14.1. The van der Waals surface area contributed by atoms with Gasteiger partial charge in [0.2, 0.25) is 0 Å². The summed E-state index contributed by atoms with van der Waals surface area (Å²) in [5.74, 6) is 0.828. The van der Waals surface area contributed by atoms with E-state index in [4.69, 9.17) is 0 Å². The molecule has 0 unspecified atom stereocenters. The molecule has 35 heavy (non-hydrogen) atoms. The molecule has 5 heteroatoms. The fourth-order valence-corrected chi connectivity index (χ4v) is 11.0. The normalized spacial score (nSPS) is 57.7. The van der Waals surface area contributed by atoms with Crippen LogP contribution in [0.3, 0.4) is 0 Å². The number of hydrogen-bond donors (Lipinski definition) is 4. The van der Waals surface area contributed by atoms with Crippen molar-refractivity contribution in [1.29, 1.82) is 0 Å². The number of aliphatic hydroxyl groups is 3. The Morgan fingerprint density at radius 2 is 1.69 bits per heavy atom. The van der Waals surface area contributed by atoms with Crippen molar-refractivity contribution in [3.05, 3.63) is 11.6 Å². The number of allylic oxidation sites excluding steroid dienone is 2. The fraction of sp³-hybridized carbons (Fsp3) is 0.900. The molecule has 5 aliphatic rings. The Hall–Kier alpha value is -0.910. The third-order valence-corrected chi connectivity index (χ3v) is 13.5. The van der Waals surface area contributed by atoms with Crippen LogP contribution < -0.4 is 0 Å². The molecule has 0 aromatic heterocycles. The summed E-state index contributed by atoms with van der Waals surface area (Å²) in [4.78, 5) is 12.8. The Kier molecular flexibility index (Phi) is 5.73. The highest BCUT2D eigenvalue weighted by Gasteiger charge is 2.70. The molecule has 0 aromatic rings. The minimum Gasteiger partial charge on any atom is -0.481 e. The summed E-state index contributed by atoms with van der Waals surface area (Å²) in [6.45, 7) is 13.6. The zero-order valence-corrected chi connectivity index (χ0v) is 22.7. The molecular formula is C30H48O5. The summed E-state index contributed by atoms with van der Waals surface area (Å²) in [7, 11) is 0. The van der Waals surface area contributed by atoms with E-state index in [-0.39, 0.29) is 34.7 Å². The van der Waals surface area contributed by atoms with Gasteiger partial charge in [0.15, 0.2) is 0 Å². The van der Waals surface area contributed by atoms with Crippen molar-refractivity contribution in [3.63, 3.8) is 0 Å². The van der Waals surface area contributed by atoms with E-state index in [0.29, 0.717) is 24.2 Å². The van der Waals surface area contributed by atoms with E-state index in [1.807, 2.05) is 6.92 Å². The third-order valence-electron chi connectivity index (χ3n) is 13.5. The van der Waals surface area contributed by atoms with Gasteiger partial charge in [-0.15, -0.1) is 0 Å². The highest BCUT2D eigenvalue weighted by molar-refractivity contribution is 5.76. The summed E-state index contributed by atoms with van der Waals surface area (Å²) in [6.07, 6.45) is 7.51. The molecule has 0 spiro atoms. The van der Waals surface area contributed by atoms with E-state index in [9.17, 15) is 25.2 Å². The monoisotopic (exact) mass is 488 g/mol. The Balaban J connectivity index is 1.62. The maximum Gasteiger partial charge on any atom is 0.310 e. The second-order valence-corrected chi connectivity index (χ2v) is 14.5. The largest absolute Gasteiger partial charge is 0.481 e. The second kappa shape index (κ2) is 7.80. The number of carboxylic acid groups (broad SMARTS) is 1. The molecule has 0 aliphatic heterocycles. The summed E-state index contributed by atoms with van der Waals surface area (Å²) in [5.41, 5.74) is -0.214. The standard InChI is InChI=1S/C30H48O5/c1-17-9-12-30(25(34)35)14-13-28(5)19(23(30)18(17)2)7-8-22-26(3)15-20(32)24(33)27(4,16-31)21(26)10-11-29(22,28)6/h7,17-18,20-24,31-33H,8-16H2,1-6H3,(H,34,35)/t17-,18+,20-,21-,22-,23+,24+,26-,27+,28+,29+,30+/m0/s1. The van der Waals surface area contributed by atoms with Gasteiger partial charge in [0.25, 0.3) is 0 Å². The van der Waals surface area contributed by atoms with Crippen LogP contribution in [-0.4, -0.2) is 45.2 Å².